The van der Waals surface area contributed by atoms with Crippen LogP contribution in [0.2, 0.25) is 0 Å². The highest BCUT2D eigenvalue weighted by atomic mass is 16.6. The smallest absolute Gasteiger partial charge is 0.299 e. The molecule has 0 spiro atoms. The van der Waals surface area contributed by atoms with E-state index in [0.717, 1.165) is 6.07 Å². The third kappa shape index (κ3) is 2.75. The number of nitro benzene ring substituents is 1. The third-order valence-corrected chi connectivity index (χ3v) is 3.04. The number of hydrogen-bond donors (Lipinski definition) is 1. The van der Waals surface area contributed by atoms with E-state index in [1.807, 2.05) is 0 Å². The van der Waals surface area contributed by atoms with E-state index in [-0.39, 0.29) is 28.5 Å². The van der Waals surface area contributed by atoms with Crippen LogP contribution in [-0.4, -0.2) is 25.5 Å². The van der Waals surface area contributed by atoms with E-state index in [1.165, 1.54) is 36.9 Å². The maximum atomic E-state index is 12.1. The van der Waals surface area contributed by atoms with Gasteiger partial charge in [0.1, 0.15) is 5.69 Å². The second-order valence-electron chi connectivity index (χ2n) is 4.42. The molecule has 0 aliphatic rings. The van der Waals surface area contributed by atoms with E-state index < -0.39 is 15.8 Å². The Hall–Kier alpha value is -3.30. The monoisotopic (exact) mass is 305 g/mol. The number of anilines is 1. The normalized spacial score (nSPS) is 10.3. The van der Waals surface area contributed by atoms with Crippen molar-refractivity contribution in [3.63, 3.8) is 0 Å². The SMILES string of the molecule is Cc1c([N+](=O)[O-])c(NC(=O)c2cccc([N+](=O)[O-])c2)nn1C. The van der Waals surface area contributed by atoms with Crippen LogP contribution >= 0.6 is 0 Å². The van der Waals surface area contributed by atoms with Crippen molar-refractivity contribution >= 4 is 23.1 Å². The number of rotatable bonds is 4. The number of aromatic nitrogens is 2. The summed E-state index contributed by atoms with van der Waals surface area (Å²) in [6.45, 7) is 1.49. The molecule has 114 valence electrons. The number of carbonyl (C=O) groups is 1. The van der Waals surface area contributed by atoms with Gasteiger partial charge in [0, 0.05) is 24.7 Å². The zero-order chi connectivity index (χ0) is 16.4. The molecule has 0 bridgehead atoms. The second-order valence-corrected chi connectivity index (χ2v) is 4.42. The van der Waals surface area contributed by atoms with Gasteiger partial charge in [-0.3, -0.25) is 35.0 Å². The zero-order valence-corrected chi connectivity index (χ0v) is 11.6. The minimum Gasteiger partial charge on any atom is -0.299 e. The van der Waals surface area contributed by atoms with Crippen molar-refractivity contribution in [3.8, 4) is 0 Å². The number of nitrogens with zero attached hydrogens (tertiary/aromatic N) is 4. The molecule has 0 saturated heterocycles. The number of hydrogen-bond acceptors (Lipinski definition) is 6. The molecule has 22 heavy (non-hydrogen) atoms. The Bertz CT molecular complexity index is 782. The first-order chi connectivity index (χ1) is 10.3. The summed E-state index contributed by atoms with van der Waals surface area (Å²) in [4.78, 5) is 32.5. The molecule has 2 aromatic rings. The summed E-state index contributed by atoms with van der Waals surface area (Å²) in [5, 5.41) is 27.9. The lowest BCUT2D eigenvalue weighted by atomic mass is 10.2. The molecular weight excluding hydrogens is 294 g/mol. The molecule has 0 atom stereocenters. The van der Waals surface area contributed by atoms with E-state index in [0.29, 0.717) is 0 Å². The van der Waals surface area contributed by atoms with E-state index in [2.05, 4.69) is 10.4 Å². The molecule has 2 rings (SSSR count). The van der Waals surface area contributed by atoms with Gasteiger partial charge in [-0.05, 0) is 13.0 Å². The summed E-state index contributed by atoms with van der Waals surface area (Å²) in [6, 6.07) is 5.04. The van der Waals surface area contributed by atoms with Crippen LogP contribution in [0.15, 0.2) is 24.3 Å². The lowest BCUT2D eigenvalue weighted by Gasteiger charge is -2.02. The van der Waals surface area contributed by atoms with Gasteiger partial charge < -0.3 is 0 Å². The van der Waals surface area contributed by atoms with Crippen LogP contribution in [-0.2, 0) is 7.05 Å². The topological polar surface area (TPSA) is 133 Å². The van der Waals surface area contributed by atoms with Crippen LogP contribution in [0.4, 0.5) is 17.2 Å². The standard InChI is InChI=1S/C12H11N5O5/c1-7-10(17(21)22)11(14-15(7)2)13-12(18)8-4-3-5-9(6-8)16(19)20/h3-6H,1-2H3,(H,13,14,18). The van der Waals surface area contributed by atoms with E-state index in [1.54, 1.807) is 0 Å². The maximum absolute atomic E-state index is 12.1. The van der Waals surface area contributed by atoms with Crippen LogP contribution in [0.3, 0.4) is 0 Å². The minimum atomic E-state index is -0.718. The van der Waals surface area contributed by atoms with Crippen LogP contribution in [0, 0.1) is 27.2 Å². The lowest BCUT2D eigenvalue weighted by Crippen LogP contribution is -2.13. The predicted octanol–water partition coefficient (Wildman–Crippen LogP) is 1.80. The van der Waals surface area contributed by atoms with Crippen molar-refractivity contribution in [2.45, 2.75) is 6.92 Å². The van der Waals surface area contributed by atoms with Crippen molar-refractivity contribution in [1.82, 2.24) is 9.78 Å². The lowest BCUT2D eigenvalue weighted by molar-refractivity contribution is -0.384. The largest absolute Gasteiger partial charge is 0.334 e. The summed E-state index contributed by atoms with van der Waals surface area (Å²) in [5.41, 5.74) is -0.285. The second kappa shape index (κ2) is 5.60. The van der Waals surface area contributed by atoms with E-state index >= 15 is 0 Å². The Morgan fingerprint density at radius 2 is 1.95 bits per heavy atom. The molecule has 10 heteroatoms. The number of aryl methyl sites for hydroxylation is 1. The molecule has 1 aromatic heterocycles. The van der Waals surface area contributed by atoms with Crippen molar-refractivity contribution < 1.29 is 14.6 Å². The molecule has 0 aliphatic heterocycles. The van der Waals surface area contributed by atoms with Gasteiger partial charge in [0.05, 0.1) is 9.85 Å². The van der Waals surface area contributed by atoms with Crippen LogP contribution in [0.25, 0.3) is 0 Å². The first-order valence-electron chi connectivity index (χ1n) is 6.05. The average Bonchev–Trinajstić information content (AvgIpc) is 2.73. The summed E-state index contributed by atoms with van der Waals surface area (Å²) in [5.74, 6) is -0.925. The van der Waals surface area contributed by atoms with Crippen molar-refractivity contribution in [3.05, 3.63) is 55.8 Å². The molecule has 1 aromatic carbocycles. The number of benzene rings is 1. The van der Waals surface area contributed by atoms with Gasteiger partial charge in [0.15, 0.2) is 0 Å². The average molecular weight is 305 g/mol. The Balaban J connectivity index is 2.34. The van der Waals surface area contributed by atoms with Gasteiger partial charge in [-0.25, -0.2) is 0 Å². The van der Waals surface area contributed by atoms with Gasteiger partial charge in [-0.1, -0.05) is 6.07 Å². The highest BCUT2D eigenvalue weighted by Gasteiger charge is 2.25. The van der Waals surface area contributed by atoms with Gasteiger partial charge in [0.25, 0.3) is 11.6 Å². The fourth-order valence-electron chi connectivity index (χ4n) is 1.84. The van der Waals surface area contributed by atoms with E-state index in [4.69, 9.17) is 0 Å². The van der Waals surface area contributed by atoms with Crippen LogP contribution in [0.5, 0.6) is 0 Å². The highest BCUT2D eigenvalue weighted by Crippen LogP contribution is 2.27. The summed E-state index contributed by atoms with van der Waals surface area (Å²) in [7, 11) is 1.51. The number of amides is 1. The van der Waals surface area contributed by atoms with Crippen LogP contribution < -0.4 is 5.32 Å². The first kappa shape index (κ1) is 15.1. The Labute approximate surface area is 123 Å². The number of non-ortho nitro benzene ring substituents is 1. The molecule has 1 amide bonds. The first-order valence-corrected chi connectivity index (χ1v) is 6.05. The van der Waals surface area contributed by atoms with Gasteiger partial charge in [-0.15, -0.1) is 5.10 Å². The molecule has 1 heterocycles. The molecule has 0 radical (unpaired) electrons. The molecular formula is C12H11N5O5. The molecule has 1 N–H and O–H groups in total. The Morgan fingerprint density at radius 1 is 1.27 bits per heavy atom. The summed E-state index contributed by atoms with van der Waals surface area (Å²) in [6.07, 6.45) is 0. The van der Waals surface area contributed by atoms with Gasteiger partial charge in [-0.2, -0.15) is 0 Å². The van der Waals surface area contributed by atoms with Crippen molar-refractivity contribution in [2.75, 3.05) is 5.32 Å². The molecule has 0 unspecified atom stereocenters. The molecule has 0 fully saturated rings. The molecule has 0 saturated carbocycles. The van der Waals surface area contributed by atoms with Gasteiger partial charge >= 0.3 is 5.69 Å². The number of nitrogens with one attached hydrogen (secondary N) is 1. The zero-order valence-electron chi connectivity index (χ0n) is 11.6. The fraction of sp³-hybridized carbons (Fsp3) is 0.167. The van der Waals surface area contributed by atoms with E-state index in [9.17, 15) is 25.0 Å². The van der Waals surface area contributed by atoms with Gasteiger partial charge in [0.2, 0.25) is 5.82 Å². The maximum Gasteiger partial charge on any atom is 0.334 e. The highest BCUT2D eigenvalue weighted by molar-refractivity contribution is 6.05. The van der Waals surface area contributed by atoms with Crippen LogP contribution in [0.1, 0.15) is 16.1 Å². The Kier molecular flexibility index (Phi) is 3.84. The summed E-state index contributed by atoms with van der Waals surface area (Å²) < 4.78 is 1.27. The minimum absolute atomic E-state index is 0.00630. The molecule has 0 aliphatic carbocycles. The Morgan fingerprint density at radius 3 is 2.55 bits per heavy atom. The number of carbonyl (C=O) groups excluding carboxylic acids is 1. The molecule has 10 nitrogen and oxygen atoms in total. The quantitative estimate of drug-likeness (QED) is 0.676. The predicted molar refractivity (Wildman–Crippen MR) is 75.6 cm³/mol. The fourth-order valence-corrected chi connectivity index (χ4v) is 1.84. The number of nitro groups is 2. The van der Waals surface area contributed by atoms with Crippen molar-refractivity contribution in [1.29, 1.82) is 0 Å². The summed E-state index contributed by atoms with van der Waals surface area (Å²) >= 11 is 0. The van der Waals surface area contributed by atoms with Crippen molar-refractivity contribution in [2.24, 2.45) is 7.05 Å². The third-order valence-electron chi connectivity index (χ3n) is 3.04.